The van der Waals surface area contributed by atoms with Crippen molar-refractivity contribution in [3.63, 3.8) is 0 Å². The standard InChI is InChI=1S/C21H17Cl2N3O2S/c1-12-3-6-14(7-4-12)26-20(28)18(10-13-5-8-16(22)17(23)9-13)29-21(26)15(11-24)19(27)25-2/h3-9,18H,10H2,1-2H3,(H,25,27)/b21-15-/t18-/m1/s1. The van der Waals surface area contributed by atoms with E-state index in [2.05, 4.69) is 5.32 Å². The second-order valence-corrected chi connectivity index (χ2v) is 8.45. The number of likely N-dealkylation sites (N-methyl/N-ethyl adjacent to an activating group) is 1. The molecule has 1 N–H and O–H groups in total. The highest BCUT2D eigenvalue weighted by Gasteiger charge is 2.40. The fourth-order valence-electron chi connectivity index (χ4n) is 2.92. The van der Waals surface area contributed by atoms with E-state index in [4.69, 9.17) is 23.2 Å². The zero-order valence-corrected chi connectivity index (χ0v) is 18.0. The first-order valence-corrected chi connectivity index (χ1v) is 10.4. The van der Waals surface area contributed by atoms with E-state index < -0.39 is 11.2 Å². The molecule has 0 bridgehead atoms. The first-order valence-electron chi connectivity index (χ1n) is 8.73. The molecule has 0 aromatic heterocycles. The van der Waals surface area contributed by atoms with Gasteiger partial charge in [-0.25, -0.2) is 0 Å². The number of aryl methyl sites for hydroxylation is 1. The Morgan fingerprint density at radius 1 is 1.21 bits per heavy atom. The number of carbonyl (C=O) groups is 2. The van der Waals surface area contributed by atoms with Crippen LogP contribution in [-0.4, -0.2) is 24.1 Å². The van der Waals surface area contributed by atoms with Gasteiger partial charge in [-0.2, -0.15) is 5.26 Å². The van der Waals surface area contributed by atoms with Crippen LogP contribution in [0.4, 0.5) is 5.69 Å². The van der Waals surface area contributed by atoms with Gasteiger partial charge < -0.3 is 5.32 Å². The van der Waals surface area contributed by atoms with Crippen LogP contribution < -0.4 is 10.2 Å². The van der Waals surface area contributed by atoms with E-state index in [1.165, 1.54) is 23.7 Å². The highest BCUT2D eigenvalue weighted by Crippen LogP contribution is 2.42. The largest absolute Gasteiger partial charge is 0.354 e. The van der Waals surface area contributed by atoms with Crippen molar-refractivity contribution in [1.82, 2.24) is 5.32 Å². The van der Waals surface area contributed by atoms with Gasteiger partial charge in [-0.05, 0) is 43.2 Å². The van der Waals surface area contributed by atoms with E-state index in [0.29, 0.717) is 27.2 Å². The lowest BCUT2D eigenvalue weighted by Gasteiger charge is -2.18. The van der Waals surface area contributed by atoms with Crippen LogP contribution in [-0.2, 0) is 16.0 Å². The molecule has 0 saturated carbocycles. The first kappa shape index (κ1) is 21.3. The summed E-state index contributed by atoms with van der Waals surface area (Å²) in [5.41, 5.74) is 2.39. The Labute approximate surface area is 183 Å². The number of nitrogens with one attached hydrogen (secondary N) is 1. The minimum atomic E-state index is -0.532. The van der Waals surface area contributed by atoms with E-state index in [1.54, 1.807) is 24.3 Å². The number of rotatable bonds is 4. The van der Waals surface area contributed by atoms with Crippen molar-refractivity contribution in [2.45, 2.75) is 18.6 Å². The van der Waals surface area contributed by atoms with Crippen molar-refractivity contribution in [3.8, 4) is 6.07 Å². The van der Waals surface area contributed by atoms with Crippen LogP contribution in [0.3, 0.4) is 0 Å². The summed E-state index contributed by atoms with van der Waals surface area (Å²) in [7, 11) is 1.45. The van der Waals surface area contributed by atoms with Gasteiger partial charge in [-0.3, -0.25) is 14.5 Å². The molecule has 1 saturated heterocycles. The van der Waals surface area contributed by atoms with Crippen molar-refractivity contribution >= 4 is 52.5 Å². The highest BCUT2D eigenvalue weighted by atomic mass is 35.5. The van der Waals surface area contributed by atoms with Gasteiger partial charge in [0, 0.05) is 12.7 Å². The molecule has 0 spiro atoms. The number of hydrogen-bond acceptors (Lipinski definition) is 4. The maximum atomic E-state index is 13.3. The average molecular weight is 446 g/mol. The molecular weight excluding hydrogens is 429 g/mol. The number of halogens is 2. The topological polar surface area (TPSA) is 73.2 Å². The second-order valence-electron chi connectivity index (χ2n) is 6.44. The van der Waals surface area contributed by atoms with Crippen molar-refractivity contribution in [3.05, 3.63) is 74.2 Å². The summed E-state index contributed by atoms with van der Waals surface area (Å²) in [6.45, 7) is 1.94. The minimum absolute atomic E-state index is 0.0944. The highest BCUT2D eigenvalue weighted by molar-refractivity contribution is 8.05. The van der Waals surface area contributed by atoms with Crippen LogP contribution in [0.25, 0.3) is 0 Å². The lowest BCUT2D eigenvalue weighted by molar-refractivity contribution is -0.117. The predicted octanol–water partition coefficient (Wildman–Crippen LogP) is 4.47. The van der Waals surface area contributed by atoms with Crippen molar-refractivity contribution in [2.75, 3.05) is 11.9 Å². The Kier molecular flexibility index (Phi) is 6.53. The maximum absolute atomic E-state index is 13.3. The summed E-state index contributed by atoms with van der Waals surface area (Å²) >= 11 is 13.3. The van der Waals surface area contributed by atoms with Crippen LogP contribution in [0.2, 0.25) is 10.0 Å². The van der Waals surface area contributed by atoms with Crippen molar-refractivity contribution < 1.29 is 9.59 Å². The monoisotopic (exact) mass is 445 g/mol. The molecule has 0 radical (unpaired) electrons. The van der Waals surface area contributed by atoms with Gasteiger partial charge in [0.1, 0.15) is 16.7 Å². The molecular formula is C21H17Cl2N3O2S. The molecule has 8 heteroatoms. The number of nitriles is 1. The number of anilines is 1. The number of carbonyl (C=O) groups excluding carboxylic acids is 2. The molecule has 0 unspecified atom stereocenters. The molecule has 1 aliphatic rings. The van der Waals surface area contributed by atoms with Crippen LogP contribution >= 0.6 is 35.0 Å². The van der Waals surface area contributed by atoms with E-state index in [-0.39, 0.29) is 11.5 Å². The first-order chi connectivity index (χ1) is 13.8. The summed E-state index contributed by atoms with van der Waals surface area (Å²) < 4.78 is 0. The third-order valence-electron chi connectivity index (χ3n) is 4.43. The molecule has 1 aliphatic heterocycles. The predicted molar refractivity (Wildman–Crippen MR) is 117 cm³/mol. The smallest absolute Gasteiger partial charge is 0.264 e. The Morgan fingerprint density at radius 2 is 1.90 bits per heavy atom. The fourth-order valence-corrected chi connectivity index (χ4v) is 4.55. The molecule has 1 heterocycles. The van der Waals surface area contributed by atoms with E-state index >= 15 is 0 Å². The third-order valence-corrected chi connectivity index (χ3v) is 6.43. The van der Waals surface area contributed by atoms with Crippen LogP contribution in [0.15, 0.2) is 53.1 Å². The summed E-state index contributed by atoms with van der Waals surface area (Å²) in [5.74, 6) is -0.730. The quantitative estimate of drug-likeness (QED) is 0.556. The van der Waals surface area contributed by atoms with Crippen LogP contribution in [0.1, 0.15) is 11.1 Å². The van der Waals surface area contributed by atoms with Gasteiger partial charge in [0.05, 0.1) is 15.3 Å². The van der Waals surface area contributed by atoms with Crippen molar-refractivity contribution in [2.24, 2.45) is 0 Å². The Balaban J connectivity index is 2.03. The van der Waals surface area contributed by atoms with Gasteiger partial charge in [-0.15, -0.1) is 0 Å². The van der Waals surface area contributed by atoms with Crippen molar-refractivity contribution in [1.29, 1.82) is 5.26 Å². The Hall–Kier alpha value is -2.46. The third kappa shape index (κ3) is 4.43. The summed E-state index contributed by atoms with van der Waals surface area (Å²) in [5, 5.41) is 12.7. The number of benzene rings is 2. The zero-order valence-electron chi connectivity index (χ0n) is 15.7. The molecule has 2 aromatic rings. The molecule has 5 nitrogen and oxygen atoms in total. The maximum Gasteiger partial charge on any atom is 0.264 e. The molecule has 2 amide bonds. The second kappa shape index (κ2) is 8.91. The summed E-state index contributed by atoms with van der Waals surface area (Å²) in [4.78, 5) is 26.9. The Morgan fingerprint density at radius 3 is 2.48 bits per heavy atom. The fraction of sp³-hybridized carbons (Fsp3) is 0.190. The van der Waals surface area contributed by atoms with Crippen LogP contribution in [0.5, 0.6) is 0 Å². The molecule has 1 atom stereocenters. The zero-order chi connectivity index (χ0) is 21.1. The summed E-state index contributed by atoms with van der Waals surface area (Å²) in [6.07, 6.45) is 0.388. The van der Waals surface area contributed by atoms with Gasteiger partial charge in [0.2, 0.25) is 5.91 Å². The van der Waals surface area contributed by atoms with E-state index in [9.17, 15) is 14.9 Å². The van der Waals surface area contributed by atoms with Gasteiger partial charge >= 0.3 is 0 Å². The molecule has 0 aliphatic carbocycles. The molecule has 3 rings (SSSR count). The SMILES string of the molecule is CNC(=O)/C(C#N)=C1\S[C@H](Cc2ccc(Cl)c(Cl)c2)C(=O)N1c1ccc(C)cc1. The Bertz CT molecular complexity index is 1040. The van der Waals surface area contributed by atoms with Gasteiger partial charge in [0.15, 0.2) is 0 Å². The normalized spacial score (nSPS) is 17.8. The summed E-state index contributed by atoms with van der Waals surface area (Å²) in [6, 6.07) is 14.5. The van der Waals surface area contributed by atoms with Gasteiger partial charge in [-0.1, -0.05) is 58.7 Å². The van der Waals surface area contributed by atoms with E-state index in [0.717, 1.165) is 11.1 Å². The molecule has 1 fully saturated rings. The number of amides is 2. The number of thioether (sulfide) groups is 1. The number of hydrogen-bond donors (Lipinski definition) is 1. The number of nitrogens with zero attached hydrogens (tertiary/aromatic N) is 2. The lowest BCUT2D eigenvalue weighted by atomic mass is 10.1. The molecule has 148 valence electrons. The van der Waals surface area contributed by atoms with Gasteiger partial charge in [0.25, 0.3) is 5.91 Å². The lowest BCUT2D eigenvalue weighted by Crippen LogP contribution is -2.31. The van der Waals surface area contributed by atoms with Crippen LogP contribution in [0, 0.1) is 18.3 Å². The average Bonchev–Trinajstić information content (AvgIpc) is 3.01. The van der Waals surface area contributed by atoms with E-state index in [1.807, 2.05) is 31.2 Å². The minimum Gasteiger partial charge on any atom is -0.354 e. The molecule has 29 heavy (non-hydrogen) atoms. The molecule has 2 aromatic carbocycles.